The third-order valence-electron chi connectivity index (χ3n) is 3.19. The van der Waals surface area contributed by atoms with Crippen molar-refractivity contribution in [2.24, 2.45) is 0 Å². The Labute approximate surface area is 104 Å². The smallest absolute Gasteiger partial charge is 0.306 e. The molecule has 1 fully saturated rings. The van der Waals surface area contributed by atoms with Crippen LogP contribution in [0.15, 0.2) is 6.07 Å². The van der Waals surface area contributed by atoms with E-state index in [9.17, 15) is 13.2 Å². The van der Waals surface area contributed by atoms with Gasteiger partial charge in [0.15, 0.2) is 0 Å². The molecule has 0 aliphatic carbocycles. The van der Waals surface area contributed by atoms with Crippen LogP contribution in [0.1, 0.15) is 36.0 Å². The van der Waals surface area contributed by atoms with Gasteiger partial charge in [-0.1, -0.05) is 0 Å². The van der Waals surface area contributed by atoms with Crippen LogP contribution in [-0.2, 0) is 6.18 Å². The summed E-state index contributed by atoms with van der Waals surface area (Å²) in [5.74, 6) is 0.264. The van der Waals surface area contributed by atoms with Crippen molar-refractivity contribution in [1.29, 1.82) is 0 Å². The summed E-state index contributed by atoms with van der Waals surface area (Å²) in [6.07, 6.45) is -2.52. The van der Waals surface area contributed by atoms with Crippen molar-refractivity contribution in [1.82, 2.24) is 14.9 Å². The van der Waals surface area contributed by atoms with Gasteiger partial charge in [0.2, 0.25) is 0 Å². The minimum absolute atomic E-state index is 0.0755. The van der Waals surface area contributed by atoms with E-state index in [1.165, 1.54) is 6.92 Å². The Morgan fingerprint density at radius 2 is 2.06 bits per heavy atom. The Morgan fingerprint density at radius 1 is 1.33 bits per heavy atom. The summed E-state index contributed by atoms with van der Waals surface area (Å²) < 4.78 is 38.1. The van der Waals surface area contributed by atoms with Crippen molar-refractivity contribution < 1.29 is 13.2 Å². The Bertz CT molecular complexity index is 431. The van der Waals surface area contributed by atoms with Crippen LogP contribution in [-0.4, -0.2) is 35.0 Å². The predicted octanol–water partition coefficient (Wildman–Crippen LogP) is 2.61. The number of aryl methyl sites for hydroxylation is 1. The summed E-state index contributed by atoms with van der Waals surface area (Å²) in [6, 6.07) is 1.09. The number of likely N-dealkylation sites (N-methyl/N-ethyl adjacent to an activating group) is 1. The average molecular weight is 259 g/mol. The van der Waals surface area contributed by atoms with E-state index in [1.54, 1.807) is 0 Å². The van der Waals surface area contributed by atoms with E-state index >= 15 is 0 Å². The van der Waals surface area contributed by atoms with E-state index in [2.05, 4.69) is 14.9 Å². The first kappa shape index (κ1) is 13.3. The lowest BCUT2D eigenvalue weighted by Crippen LogP contribution is -2.31. The monoisotopic (exact) mass is 259 g/mol. The molecule has 1 unspecified atom stereocenters. The lowest BCUT2D eigenvalue weighted by Gasteiger charge is -2.29. The molecule has 0 bridgehead atoms. The maximum Gasteiger partial charge on any atom is 0.433 e. The van der Waals surface area contributed by atoms with E-state index < -0.39 is 11.9 Å². The number of piperidine rings is 1. The van der Waals surface area contributed by atoms with Gasteiger partial charge in [-0.2, -0.15) is 13.2 Å². The van der Waals surface area contributed by atoms with Crippen LogP contribution in [0.4, 0.5) is 13.2 Å². The number of hydrogen-bond donors (Lipinski definition) is 0. The topological polar surface area (TPSA) is 29.0 Å². The third kappa shape index (κ3) is 2.98. The van der Waals surface area contributed by atoms with Gasteiger partial charge in [0.1, 0.15) is 11.5 Å². The molecule has 6 heteroatoms. The molecule has 0 aromatic carbocycles. The first-order valence-corrected chi connectivity index (χ1v) is 5.97. The largest absolute Gasteiger partial charge is 0.433 e. The van der Waals surface area contributed by atoms with Gasteiger partial charge in [0, 0.05) is 18.2 Å². The lowest BCUT2D eigenvalue weighted by molar-refractivity contribution is -0.141. The fourth-order valence-corrected chi connectivity index (χ4v) is 2.35. The molecule has 1 atom stereocenters. The van der Waals surface area contributed by atoms with E-state index in [1.807, 2.05) is 7.05 Å². The van der Waals surface area contributed by atoms with Crippen molar-refractivity contribution in [2.45, 2.75) is 31.9 Å². The Balaban J connectivity index is 2.30. The summed E-state index contributed by atoms with van der Waals surface area (Å²) >= 11 is 0. The highest BCUT2D eigenvalue weighted by Crippen LogP contribution is 2.31. The molecule has 2 heterocycles. The Morgan fingerprint density at radius 3 is 2.67 bits per heavy atom. The maximum atomic E-state index is 12.7. The van der Waals surface area contributed by atoms with Gasteiger partial charge < -0.3 is 4.90 Å². The third-order valence-corrected chi connectivity index (χ3v) is 3.19. The molecular formula is C12H16F3N3. The predicted molar refractivity (Wildman–Crippen MR) is 61.2 cm³/mol. The summed E-state index contributed by atoms with van der Waals surface area (Å²) in [4.78, 5) is 9.76. The number of rotatable bonds is 1. The number of halogens is 3. The molecule has 1 aliphatic heterocycles. The molecule has 1 aliphatic rings. The van der Waals surface area contributed by atoms with Crippen molar-refractivity contribution in [3.8, 4) is 0 Å². The van der Waals surface area contributed by atoms with Gasteiger partial charge in [0.05, 0.1) is 0 Å². The van der Waals surface area contributed by atoms with Gasteiger partial charge in [-0.25, -0.2) is 9.97 Å². The van der Waals surface area contributed by atoms with E-state index in [-0.39, 0.29) is 11.7 Å². The first-order valence-electron chi connectivity index (χ1n) is 5.97. The van der Waals surface area contributed by atoms with Gasteiger partial charge in [0.25, 0.3) is 0 Å². The lowest BCUT2D eigenvalue weighted by atomic mass is 9.94. The summed E-state index contributed by atoms with van der Waals surface area (Å²) in [7, 11) is 1.98. The number of hydrogen-bond acceptors (Lipinski definition) is 3. The second kappa shape index (κ2) is 4.84. The quantitative estimate of drug-likeness (QED) is 0.776. The molecule has 1 aromatic rings. The van der Waals surface area contributed by atoms with Crippen LogP contribution < -0.4 is 0 Å². The second-order valence-electron chi connectivity index (χ2n) is 4.82. The van der Waals surface area contributed by atoms with Crippen LogP contribution in [0.5, 0.6) is 0 Å². The second-order valence-corrected chi connectivity index (χ2v) is 4.82. The zero-order valence-electron chi connectivity index (χ0n) is 10.5. The van der Waals surface area contributed by atoms with Crippen molar-refractivity contribution >= 4 is 0 Å². The van der Waals surface area contributed by atoms with Crippen molar-refractivity contribution in [2.75, 3.05) is 20.1 Å². The van der Waals surface area contributed by atoms with Crippen LogP contribution in [0.25, 0.3) is 0 Å². The van der Waals surface area contributed by atoms with E-state index in [0.29, 0.717) is 5.69 Å². The van der Waals surface area contributed by atoms with Gasteiger partial charge in [-0.05, 0) is 39.4 Å². The average Bonchev–Trinajstić information content (AvgIpc) is 2.27. The van der Waals surface area contributed by atoms with Crippen LogP contribution in [0.3, 0.4) is 0 Å². The number of nitrogens with zero attached hydrogens (tertiary/aromatic N) is 3. The molecule has 1 aromatic heterocycles. The zero-order chi connectivity index (χ0) is 13.3. The van der Waals surface area contributed by atoms with Gasteiger partial charge in [-0.15, -0.1) is 0 Å². The molecule has 100 valence electrons. The summed E-state index contributed by atoms with van der Waals surface area (Å²) in [5.41, 5.74) is -0.320. The molecule has 18 heavy (non-hydrogen) atoms. The fraction of sp³-hybridized carbons (Fsp3) is 0.667. The molecule has 1 saturated heterocycles. The molecule has 0 spiro atoms. The SMILES string of the molecule is Cc1nc(C2CCCN(C)C2)cc(C(F)(F)F)n1. The molecule has 0 N–H and O–H groups in total. The standard InChI is InChI=1S/C12H16F3N3/c1-8-16-10(6-11(17-8)12(13,14)15)9-4-3-5-18(2)7-9/h6,9H,3-5,7H2,1-2H3. The highest BCUT2D eigenvalue weighted by atomic mass is 19.4. The maximum absolute atomic E-state index is 12.7. The normalized spacial score (nSPS) is 22.2. The highest BCUT2D eigenvalue weighted by molar-refractivity contribution is 5.18. The van der Waals surface area contributed by atoms with Crippen molar-refractivity contribution in [3.63, 3.8) is 0 Å². The number of alkyl halides is 3. The minimum Gasteiger partial charge on any atom is -0.306 e. The number of likely N-dealkylation sites (tertiary alicyclic amines) is 1. The minimum atomic E-state index is -4.40. The Hall–Kier alpha value is -1.17. The zero-order valence-corrected chi connectivity index (χ0v) is 10.5. The van der Waals surface area contributed by atoms with E-state index in [0.717, 1.165) is 32.0 Å². The van der Waals surface area contributed by atoms with Crippen LogP contribution in [0, 0.1) is 6.92 Å². The van der Waals surface area contributed by atoms with Gasteiger partial charge >= 0.3 is 6.18 Å². The van der Waals surface area contributed by atoms with Crippen molar-refractivity contribution in [3.05, 3.63) is 23.3 Å². The Kier molecular flexibility index (Phi) is 3.56. The summed E-state index contributed by atoms with van der Waals surface area (Å²) in [5, 5.41) is 0. The highest BCUT2D eigenvalue weighted by Gasteiger charge is 2.34. The summed E-state index contributed by atoms with van der Waals surface area (Å²) in [6.45, 7) is 3.26. The molecule has 2 rings (SSSR count). The molecule has 0 radical (unpaired) electrons. The van der Waals surface area contributed by atoms with Crippen LogP contribution >= 0.6 is 0 Å². The molecular weight excluding hydrogens is 243 g/mol. The first-order chi connectivity index (χ1) is 8.36. The van der Waals surface area contributed by atoms with E-state index in [4.69, 9.17) is 0 Å². The molecule has 3 nitrogen and oxygen atoms in total. The van der Waals surface area contributed by atoms with Gasteiger partial charge in [-0.3, -0.25) is 0 Å². The molecule has 0 amide bonds. The fourth-order valence-electron chi connectivity index (χ4n) is 2.35. The molecule has 0 saturated carbocycles. The number of aromatic nitrogens is 2. The van der Waals surface area contributed by atoms with Crippen LogP contribution in [0.2, 0.25) is 0 Å².